The maximum Gasteiger partial charge on any atom is 0.0815 e. The molecule has 0 fully saturated rings. The molecule has 1 heterocycles. The summed E-state index contributed by atoms with van der Waals surface area (Å²) in [6.45, 7) is 3.33. The topological polar surface area (TPSA) is 0 Å². The van der Waals surface area contributed by atoms with Gasteiger partial charge in [-0.3, -0.25) is 0 Å². The predicted molar refractivity (Wildman–Crippen MR) is 96.3 cm³/mol. The number of nitrogens with zero attached hydrogens (tertiary/aromatic N) is 1. The van der Waals surface area contributed by atoms with E-state index in [4.69, 9.17) is 0 Å². The van der Waals surface area contributed by atoms with E-state index in [1.165, 1.54) is 32.1 Å². The lowest BCUT2D eigenvalue weighted by Crippen LogP contribution is -2.34. The summed E-state index contributed by atoms with van der Waals surface area (Å²) in [5.41, 5.74) is 5.51. The number of rotatable bonds is 3. The van der Waals surface area contributed by atoms with E-state index in [1.807, 2.05) is 11.8 Å². The Hall–Kier alpha value is -1.51. The molecule has 0 saturated carbocycles. The summed E-state index contributed by atoms with van der Waals surface area (Å²) < 4.78 is 1.00. The van der Waals surface area contributed by atoms with Crippen molar-refractivity contribution in [2.24, 2.45) is 0 Å². The predicted octanol–water partition coefficient (Wildman–Crippen LogP) is 4.99. The maximum absolute atomic E-state index is 2.43. The van der Waals surface area contributed by atoms with Crippen LogP contribution in [0, 0.1) is 6.92 Å². The van der Waals surface area contributed by atoms with Gasteiger partial charge in [-0.1, -0.05) is 53.7 Å². The maximum atomic E-state index is 2.43. The lowest BCUT2D eigenvalue weighted by molar-refractivity contribution is -0.869. The second-order valence-corrected chi connectivity index (χ2v) is 8.10. The molecule has 0 aliphatic carbocycles. The second kappa shape index (κ2) is 5.94. The van der Waals surface area contributed by atoms with E-state index >= 15 is 0 Å². The van der Waals surface area contributed by atoms with Gasteiger partial charge in [-0.25, -0.2) is 0 Å². The van der Waals surface area contributed by atoms with Crippen LogP contribution in [-0.2, 0) is 0 Å². The van der Waals surface area contributed by atoms with Gasteiger partial charge in [0.15, 0.2) is 0 Å². The van der Waals surface area contributed by atoms with Crippen molar-refractivity contribution in [3.8, 4) is 0 Å². The van der Waals surface area contributed by atoms with E-state index in [2.05, 4.69) is 76.6 Å². The van der Waals surface area contributed by atoms with Crippen molar-refractivity contribution < 1.29 is 4.48 Å². The Morgan fingerprint density at radius 3 is 2.45 bits per heavy atom. The number of fused-ring (bicyclic) bond motifs is 2. The Bertz CT molecular complexity index is 723. The average molecular weight is 310 g/mol. The van der Waals surface area contributed by atoms with Gasteiger partial charge in [0.05, 0.1) is 27.7 Å². The summed E-state index contributed by atoms with van der Waals surface area (Å²) in [4.78, 5) is 2.75. The third-order valence-corrected chi connectivity index (χ3v) is 5.12. The fourth-order valence-electron chi connectivity index (χ4n) is 2.80. The number of hydrogen-bond donors (Lipinski definition) is 0. The Balaban J connectivity index is 2.04. The molecule has 22 heavy (non-hydrogen) atoms. The Morgan fingerprint density at radius 2 is 1.68 bits per heavy atom. The molecule has 1 aliphatic heterocycles. The summed E-state index contributed by atoms with van der Waals surface area (Å²) in [6.07, 6.45) is 3.53. The summed E-state index contributed by atoms with van der Waals surface area (Å²) >= 11 is 1.89. The van der Waals surface area contributed by atoms with Gasteiger partial charge in [0.2, 0.25) is 0 Å². The monoisotopic (exact) mass is 310 g/mol. The molecule has 3 rings (SSSR count). The SMILES string of the molecule is Cc1ccc2c(c1)/C(=C/CC[N+](C)(C)C)c1ccccc1S2. The highest BCUT2D eigenvalue weighted by Gasteiger charge is 2.20. The molecule has 0 spiro atoms. The van der Waals surface area contributed by atoms with E-state index in [1.54, 1.807) is 0 Å². The highest BCUT2D eigenvalue weighted by Crippen LogP contribution is 2.45. The van der Waals surface area contributed by atoms with Crippen LogP contribution in [-0.4, -0.2) is 32.2 Å². The zero-order valence-electron chi connectivity index (χ0n) is 13.9. The molecular weight excluding hydrogens is 286 g/mol. The molecule has 2 heteroatoms. The molecule has 0 bridgehead atoms. The minimum atomic E-state index is 1.00. The van der Waals surface area contributed by atoms with Gasteiger partial charge < -0.3 is 4.48 Å². The van der Waals surface area contributed by atoms with Gasteiger partial charge in [-0.15, -0.1) is 0 Å². The van der Waals surface area contributed by atoms with Crippen LogP contribution in [0.15, 0.2) is 58.3 Å². The molecule has 0 unspecified atom stereocenters. The molecule has 0 radical (unpaired) electrons. The van der Waals surface area contributed by atoms with Crippen molar-refractivity contribution in [1.29, 1.82) is 0 Å². The normalized spacial score (nSPS) is 15.5. The first-order chi connectivity index (χ1) is 10.4. The van der Waals surface area contributed by atoms with Gasteiger partial charge in [-0.2, -0.15) is 0 Å². The van der Waals surface area contributed by atoms with Crippen LogP contribution in [0.3, 0.4) is 0 Å². The summed E-state index contributed by atoms with van der Waals surface area (Å²) in [7, 11) is 6.75. The van der Waals surface area contributed by atoms with Crippen molar-refractivity contribution >= 4 is 17.3 Å². The smallest absolute Gasteiger partial charge is 0.0815 e. The fourth-order valence-corrected chi connectivity index (χ4v) is 3.89. The van der Waals surface area contributed by atoms with Crippen LogP contribution < -0.4 is 0 Å². The minimum absolute atomic E-state index is 1.00. The van der Waals surface area contributed by atoms with Crippen molar-refractivity contribution in [2.75, 3.05) is 27.7 Å². The van der Waals surface area contributed by atoms with Gasteiger partial charge in [0.1, 0.15) is 0 Å². The van der Waals surface area contributed by atoms with Crippen LogP contribution in [0.2, 0.25) is 0 Å². The molecule has 0 atom stereocenters. The van der Waals surface area contributed by atoms with Gasteiger partial charge in [0.25, 0.3) is 0 Å². The largest absolute Gasteiger partial charge is 0.331 e. The lowest BCUT2D eigenvalue weighted by atomic mass is 9.95. The van der Waals surface area contributed by atoms with Crippen LogP contribution in [0.25, 0.3) is 5.57 Å². The Labute approximate surface area is 138 Å². The molecule has 114 valence electrons. The third kappa shape index (κ3) is 3.29. The molecule has 2 aromatic carbocycles. The first kappa shape index (κ1) is 15.4. The Morgan fingerprint density at radius 1 is 0.955 bits per heavy atom. The van der Waals surface area contributed by atoms with Crippen LogP contribution in [0.4, 0.5) is 0 Å². The molecular formula is C20H24NS+. The van der Waals surface area contributed by atoms with Crippen LogP contribution >= 0.6 is 11.8 Å². The van der Waals surface area contributed by atoms with E-state index in [9.17, 15) is 0 Å². The van der Waals surface area contributed by atoms with E-state index in [0.29, 0.717) is 0 Å². The molecule has 1 aliphatic rings. The van der Waals surface area contributed by atoms with Crippen molar-refractivity contribution in [3.63, 3.8) is 0 Å². The zero-order valence-corrected chi connectivity index (χ0v) is 14.7. The molecule has 0 saturated heterocycles. The summed E-state index contributed by atoms with van der Waals surface area (Å²) in [6, 6.07) is 15.6. The first-order valence-electron chi connectivity index (χ1n) is 7.83. The molecule has 0 aromatic heterocycles. The number of quaternary nitrogens is 1. The molecule has 0 N–H and O–H groups in total. The number of hydrogen-bond acceptors (Lipinski definition) is 1. The van der Waals surface area contributed by atoms with E-state index < -0.39 is 0 Å². The zero-order chi connectivity index (χ0) is 15.7. The highest BCUT2D eigenvalue weighted by molar-refractivity contribution is 7.99. The third-order valence-electron chi connectivity index (χ3n) is 3.97. The second-order valence-electron chi connectivity index (χ2n) is 7.02. The Kier molecular flexibility index (Phi) is 4.16. The minimum Gasteiger partial charge on any atom is -0.331 e. The summed E-state index contributed by atoms with van der Waals surface area (Å²) in [5, 5.41) is 0. The standard InChI is InChI=1S/C20H24NS/c1-15-11-12-20-18(14-15)16(9-7-13-21(2,3)4)17-8-5-6-10-19(17)22-20/h5-6,8-12,14H,7,13H2,1-4H3/q+1/b16-9+. The molecule has 1 nitrogen and oxygen atoms in total. The molecule has 0 amide bonds. The van der Waals surface area contributed by atoms with Gasteiger partial charge in [0, 0.05) is 16.2 Å². The quantitative estimate of drug-likeness (QED) is 0.614. The van der Waals surface area contributed by atoms with Crippen LogP contribution in [0.5, 0.6) is 0 Å². The fraction of sp³-hybridized carbons (Fsp3) is 0.300. The van der Waals surface area contributed by atoms with Crippen molar-refractivity contribution in [3.05, 3.63) is 65.2 Å². The highest BCUT2D eigenvalue weighted by atomic mass is 32.2. The first-order valence-corrected chi connectivity index (χ1v) is 8.64. The van der Waals surface area contributed by atoms with Crippen molar-refractivity contribution in [2.45, 2.75) is 23.1 Å². The number of benzene rings is 2. The van der Waals surface area contributed by atoms with Gasteiger partial charge >= 0.3 is 0 Å². The summed E-state index contributed by atoms with van der Waals surface area (Å²) in [5.74, 6) is 0. The molecule has 2 aromatic rings. The lowest BCUT2D eigenvalue weighted by Gasteiger charge is -2.25. The van der Waals surface area contributed by atoms with E-state index in [-0.39, 0.29) is 0 Å². The number of aryl methyl sites for hydroxylation is 1. The van der Waals surface area contributed by atoms with Gasteiger partial charge in [-0.05, 0) is 35.8 Å². The van der Waals surface area contributed by atoms with Crippen LogP contribution in [0.1, 0.15) is 23.1 Å². The van der Waals surface area contributed by atoms with E-state index in [0.717, 1.165) is 17.4 Å². The van der Waals surface area contributed by atoms with Crippen molar-refractivity contribution in [1.82, 2.24) is 0 Å². The average Bonchev–Trinajstić information content (AvgIpc) is 2.46.